The Labute approximate surface area is 121 Å². The van der Waals surface area contributed by atoms with Crippen LogP contribution in [0.15, 0.2) is 30.5 Å². The highest BCUT2D eigenvalue weighted by Crippen LogP contribution is 2.28. The SMILES string of the molecule is NNc1nc(N2CCc3ccccc3C2)c2cn[nH]c2n1. The van der Waals surface area contributed by atoms with Crippen LogP contribution < -0.4 is 16.2 Å². The zero-order chi connectivity index (χ0) is 14.2. The van der Waals surface area contributed by atoms with E-state index in [9.17, 15) is 0 Å². The molecule has 0 spiro atoms. The van der Waals surface area contributed by atoms with Crippen LogP contribution in [0.5, 0.6) is 0 Å². The molecule has 7 heteroatoms. The Bertz CT molecular complexity index is 795. The van der Waals surface area contributed by atoms with Gasteiger partial charge in [0.25, 0.3) is 0 Å². The van der Waals surface area contributed by atoms with Gasteiger partial charge in [-0.15, -0.1) is 0 Å². The number of hydrogen-bond donors (Lipinski definition) is 3. The molecule has 0 bridgehead atoms. The maximum Gasteiger partial charge on any atom is 0.241 e. The molecule has 0 radical (unpaired) electrons. The van der Waals surface area contributed by atoms with E-state index in [0.717, 1.165) is 30.7 Å². The highest BCUT2D eigenvalue weighted by Gasteiger charge is 2.20. The monoisotopic (exact) mass is 281 g/mol. The minimum Gasteiger partial charge on any atom is -0.351 e. The summed E-state index contributed by atoms with van der Waals surface area (Å²) in [5.74, 6) is 6.70. The van der Waals surface area contributed by atoms with E-state index in [1.165, 1.54) is 11.1 Å². The molecular formula is C14H15N7. The van der Waals surface area contributed by atoms with Gasteiger partial charge in [0.05, 0.1) is 11.6 Å². The molecule has 4 rings (SSSR count). The summed E-state index contributed by atoms with van der Waals surface area (Å²) in [5, 5.41) is 7.83. The maximum absolute atomic E-state index is 5.46. The van der Waals surface area contributed by atoms with E-state index in [2.05, 4.69) is 54.8 Å². The normalized spacial score (nSPS) is 14.2. The summed E-state index contributed by atoms with van der Waals surface area (Å²) < 4.78 is 0. The summed E-state index contributed by atoms with van der Waals surface area (Å²) in [7, 11) is 0. The van der Waals surface area contributed by atoms with E-state index in [1.807, 2.05) is 0 Å². The number of benzene rings is 1. The number of aromatic nitrogens is 4. The summed E-state index contributed by atoms with van der Waals surface area (Å²) in [6, 6.07) is 8.51. The predicted octanol–water partition coefficient (Wildman–Crippen LogP) is 1.20. The van der Waals surface area contributed by atoms with Crippen molar-refractivity contribution < 1.29 is 0 Å². The molecule has 3 heterocycles. The molecule has 106 valence electrons. The van der Waals surface area contributed by atoms with Gasteiger partial charge in [-0.2, -0.15) is 15.1 Å². The Morgan fingerprint density at radius 2 is 2.05 bits per heavy atom. The second-order valence-corrected chi connectivity index (χ2v) is 5.09. The third-order valence-corrected chi connectivity index (χ3v) is 3.85. The molecule has 0 amide bonds. The first-order valence-electron chi connectivity index (χ1n) is 6.84. The lowest BCUT2D eigenvalue weighted by atomic mass is 10.00. The van der Waals surface area contributed by atoms with E-state index in [1.54, 1.807) is 6.20 Å². The number of aromatic amines is 1. The molecule has 0 saturated heterocycles. The van der Waals surface area contributed by atoms with Crippen molar-refractivity contribution in [3.05, 3.63) is 41.6 Å². The molecule has 3 aromatic rings. The van der Waals surface area contributed by atoms with Crippen molar-refractivity contribution in [3.63, 3.8) is 0 Å². The van der Waals surface area contributed by atoms with Crippen molar-refractivity contribution in [2.45, 2.75) is 13.0 Å². The number of fused-ring (bicyclic) bond motifs is 2. The Morgan fingerprint density at radius 3 is 2.90 bits per heavy atom. The molecule has 4 N–H and O–H groups in total. The number of rotatable bonds is 2. The Hall–Kier alpha value is -2.67. The van der Waals surface area contributed by atoms with Gasteiger partial charge in [-0.3, -0.25) is 10.5 Å². The van der Waals surface area contributed by atoms with E-state index >= 15 is 0 Å². The summed E-state index contributed by atoms with van der Waals surface area (Å²) in [4.78, 5) is 11.0. The van der Waals surface area contributed by atoms with E-state index in [0.29, 0.717) is 11.6 Å². The molecule has 0 fully saturated rings. The van der Waals surface area contributed by atoms with Crippen molar-refractivity contribution >= 4 is 22.8 Å². The average molecular weight is 281 g/mol. The van der Waals surface area contributed by atoms with Gasteiger partial charge in [0.1, 0.15) is 5.82 Å². The van der Waals surface area contributed by atoms with Crippen LogP contribution in [0.1, 0.15) is 11.1 Å². The highest BCUT2D eigenvalue weighted by molar-refractivity contribution is 5.87. The van der Waals surface area contributed by atoms with Gasteiger partial charge in [-0.25, -0.2) is 5.84 Å². The van der Waals surface area contributed by atoms with Crippen LogP contribution >= 0.6 is 0 Å². The number of H-pyrrole nitrogens is 1. The van der Waals surface area contributed by atoms with Crippen LogP contribution in [0.3, 0.4) is 0 Å². The number of nitrogens with two attached hydrogens (primary N) is 1. The first-order valence-corrected chi connectivity index (χ1v) is 6.84. The van der Waals surface area contributed by atoms with Gasteiger partial charge in [0.2, 0.25) is 5.95 Å². The van der Waals surface area contributed by atoms with Crippen LogP contribution in [0.2, 0.25) is 0 Å². The standard InChI is InChI=1S/C14H15N7/c15-19-14-17-12-11(7-16-20-12)13(18-14)21-6-5-9-3-1-2-4-10(9)8-21/h1-4,7H,5-6,8,15H2,(H2,16,17,18,19,20). The van der Waals surface area contributed by atoms with Crippen LogP contribution in [0, 0.1) is 0 Å². The lowest BCUT2D eigenvalue weighted by Crippen LogP contribution is -2.31. The van der Waals surface area contributed by atoms with Gasteiger partial charge in [-0.05, 0) is 17.5 Å². The van der Waals surface area contributed by atoms with Gasteiger partial charge in [0.15, 0.2) is 5.65 Å². The smallest absolute Gasteiger partial charge is 0.241 e. The van der Waals surface area contributed by atoms with Crippen LogP contribution in [0.25, 0.3) is 11.0 Å². The second-order valence-electron chi connectivity index (χ2n) is 5.09. The number of nitrogens with one attached hydrogen (secondary N) is 2. The molecule has 0 unspecified atom stereocenters. The third-order valence-electron chi connectivity index (χ3n) is 3.85. The summed E-state index contributed by atoms with van der Waals surface area (Å²) in [5.41, 5.74) is 5.94. The van der Waals surface area contributed by atoms with E-state index < -0.39 is 0 Å². The first-order chi connectivity index (χ1) is 10.3. The highest BCUT2D eigenvalue weighted by atomic mass is 15.3. The van der Waals surface area contributed by atoms with Crippen molar-refractivity contribution in [2.24, 2.45) is 5.84 Å². The quantitative estimate of drug-likeness (QED) is 0.482. The fraction of sp³-hybridized carbons (Fsp3) is 0.214. The molecule has 0 saturated carbocycles. The second kappa shape index (κ2) is 4.71. The molecule has 1 aliphatic heterocycles. The maximum atomic E-state index is 5.46. The van der Waals surface area contributed by atoms with Crippen molar-refractivity contribution in [2.75, 3.05) is 16.9 Å². The molecular weight excluding hydrogens is 266 g/mol. The molecule has 1 aliphatic rings. The fourth-order valence-corrected chi connectivity index (χ4v) is 2.80. The molecule has 1 aromatic carbocycles. The molecule has 2 aromatic heterocycles. The Morgan fingerprint density at radius 1 is 1.19 bits per heavy atom. The predicted molar refractivity (Wildman–Crippen MR) is 80.7 cm³/mol. The molecule has 7 nitrogen and oxygen atoms in total. The minimum absolute atomic E-state index is 0.389. The Balaban J connectivity index is 1.79. The lowest BCUT2D eigenvalue weighted by molar-refractivity contribution is 0.723. The van der Waals surface area contributed by atoms with Crippen molar-refractivity contribution in [1.82, 2.24) is 20.2 Å². The summed E-state index contributed by atoms with van der Waals surface area (Å²) in [6.07, 6.45) is 2.76. The van der Waals surface area contributed by atoms with E-state index in [4.69, 9.17) is 5.84 Å². The minimum atomic E-state index is 0.389. The van der Waals surface area contributed by atoms with E-state index in [-0.39, 0.29) is 0 Å². The zero-order valence-corrected chi connectivity index (χ0v) is 11.4. The van der Waals surface area contributed by atoms with Gasteiger partial charge < -0.3 is 4.90 Å². The zero-order valence-electron chi connectivity index (χ0n) is 11.4. The lowest BCUT2D eigenvalue weighted by Gasteiger charge is -2.30. The van der Waals surface area contributed by atoms with Crippen LogP contribution in [-0.4, -0.2) is 26.7 Å². The first kappa shape index (κ1) is 12.1. The fourth-order valence-electron chi connectivity index (χ4n) is 2.80. The number of nitrogens with zero attached hydrogens (tertiary/aromatic N) is 4. The average Bonchev–Trinajstić information content (AvgIpc) is 3.01. The number of hydrogen-bond acceptors (Lipinski definition) is 6. The topological polar surface area (TPSA) is 95.7 Å². The van der Waals surface area contributed by atoms with Gasteiger partial charge >= 0.3 is 0 Å². The molecule has 0 aliphatic carbocycles. The third kappa shape index (κ3) is 1.98. The summed E-state index contributed by atoms with van der Waals surface area (Å²) >= 11 is 0. The number of anilines is 2. The van der Waals surface area contributed by atoms with Gasteiger partial charge in [-0.1, -0.05) is 24.3 Å². The van der Waals surface area contributed by atoms with Crippen LogP contribution in [0.4, 0.5) is 11.8 Å². The number of nitrogen functional groups attached to an aromatic ring is 1. The molecule has 0 atom stereocenters. The van der Waals surface area contributed by atoms with Gasteiger partial charge in [0, 0.05) is 13.1 Å². The molecule has 21 heavy (non-hydrogen) atoms. The number of hydrazine groups is 1. The van der Waals surface area contributed by atoms with Crippen molar-refractivity contribution in [3.8, 4) is 0 Å². The van der Waals surface area contributed by atoms with Crippen molar-refractivity contribution in [1.29, 1.82) is 0 Å². The van der Waals surface area contributed by atoms with Crippen LogP contribution in [-0.2, 0) is 13.0 Å². The summed E-state index contributed by atoms with van der Waals surface area (Å²) in [6.45, 7) is 1.75. The largest absolute Gasteiger partial charge is 0.351 e. The Kier molecular flexibility index (Phi) is 2.71.